The van der Waals surface area contributed by atoms with Crippen molar-refractivity contribution in [2.24, 2.45) is 5.92 Å². The Morgan fingerprint density at radius 2 is 2.27 bits per heavy atom. The van der Waals surface area contributed by atoms with Gasteiger partial charge in [-0.3, -0.25) is 0 Å². The second-order valence-corrected chi connectivity index (χ2v) is 4.78. The normalized spacial score (nSPS) is 12.1. The molecule has 0 fully saturated rings. The molecule has 1 unspecified atom stereocenters. The molecule has 0 aliphatic heterocycles. The van der Waals surface area contributed by atoms with Gasteiger partial charge in [0.1, 0.15) is 6.07 Å². The van der Waals surface area contributed by atoms with Gasteiger partial charge in [0.2, 0.25) is 0 Å². The van der Waals surface area contributed by atoms with Crippen LogP contribution in [0.3, 0.4) is 0 Å². The second-order valence-electron chi connectivity index (χ2n) is 3.69. The Balaban J connectivity index is 2.67. The molecule has 80 valence electrons. The number of thioether (sulfide) groups is 1. The minimum Gasteiger partial charge on any atom is -0.398 e. The van der Waals surface area contributed by atoms with Gasteiger partial charge in [-0.15, -0.1) is 11.8 Å². The number of benzene rings is 1. The molecule has 0 aliphatic carbocycles. The molecule has 1 aromatic rings. The summed E-state index contributed by atoms with van der Waals surface area (Å²) in [5.41, 5.74) is 6.78. The Morgan fingerprint density at radius 1 is 1.53 bits per heavy atom. The first-order valence-corrected chi connectivity index (χ1v) is 6.08. The molecule has 3 heteroatoms. The Bertz CT molecular complexity index is 368. The van der Waals surface area contributed by atoms with E-state index in [2.05, 4.69) is 19.9 Å². The van der Waals surface area contributed by atoms with E-state index in [1.807, 2.05) is 12.1 Å². The molecule has 0 aliphatic rings. The van der Waals surface area contributed by atoms with Crippen LogP contribution in [0.15, 0.2) is 23.1 Å². The predicted octanol–water partition coefficient (Wildman–Crippen LogP) is 3.28. The van der Waals surface area contributed by atoms with Gasteiger partial charge >= 0.3 is 0 Å². The monoisotopic (exact) mass is 220 g/mol. The van der Waals surface area contributed by atoms with Crippen molar-refractivity contribution in [3.05, 3.63) is 23.8 Å². The van der Waals surface area contributed by atoms with Crippen LogP contribution in [-0.4, -0.2) is 5.75 Å². The fraction of sp³-hybridized carbons (Fsp3) is 0.417. The van der Waals surface area contributed by atoms with E-state index >= 15 is 0 Å². The lowest BCUT2D eigenvalue weighted by molar-refractivity contribution is 0.637. The molecule has 0 saturated carbocycles. The van der Waals surface area contributed by atoms with Crippen molar-refractivity contribution in [3.8, 4) is 6.07 Å². The van der Waals surface area contributed by atoms with Crippen LogP contribution in [0.4, 0.5) is 5.69 Å². The molecule has 0 bridgehead atoms. The molecular weight excluding hydrogens is 204 g/mol. The Labute approximate surface area is 95.5 Å². The van der Waals surface area contributed by atoms with Crippen LogP contribution in [-0.2, 0) is 0 Å². The molecule has 15 heavy (non-hydrogen) atoms. The highest BCUT2D eigenvalue weighted by molar-refractivity contribution is 7.99. The van der Waals surface area contributed by atoms with Crippen LogP contribution in [0.5, 0.6) is 0 Å². The first-order chi connectivity index (χ1) is 7.17. The second kappa shape index (κ2) is 5.67. The largest absolute Gasteiger partial charge is 0.398 e. The van der Waals surface area contributed by atoms with E-state index in [4.69, 9.17) is 11.0 Å². The summed E-state index contributed by atoms with van der Waals surface area (Å²) in [6, 6.07) is 7.74. The average molecular weight is 220 g/mol. The van der Waals surface area contributed by atoms with Gasteiger partial charge in [0.25, 0.3) is 0 Å². The first-order valence-electron chi connectivity index (χ1n) is 5.09. The number of hydrogen-bond donors (Lipinski definition) is 1. The molecule has 0 radical (unpaired) electrons. The number of anilines is 1. The van der Waals surface area contributed by atoms with Crippen LogP contribution in [0, 0.1) is 17.2 Å². The first kappa shape index (κ1) is 11.9. The number of hydrogen-bond acceptors (Lipinski definition) is 3. The van der Waals surface area contributed by atoms with E-state index in [0.29, 0.717) is 17.2 Å². The van der Waals surface area contributed by atoms with Gasteiger partial charge in [-0.25, -0.2) is 0 Å². The van der Waals surface area contributed by atoms with Gasteiger partial charge in [0.05, 0.1) is 5.56 Å². The minimum absolute atomic E-state index is 0.561. The van der Waals surface area contributed by atoms with Crippen LogP contribution >= 0.6 is 11.8 Å². The van der Waals surface area contributed by atoms with Gasteiger partial charge in [-0.2, -0.15) is 5.26 Å². The van der Waals surface area contributed by atoms with Gasteiger partial charge in [-0.1, -0.05) is 20.3 Å². The minimum atomic E-state index is 0.561. The van der Waals surface area contributed by atoms with Crippen molar-refractivity contribution in [1.29, 1.82) is 5.26 Å². The average Bonchev–Trinajstić information content (AvgIpc) is 2.27. The zero-order valence-electron chi connectivity index (χ0n) is 9.16. The summed E-state index contributed by atoms with van der Waals surface area (Å²) in [6.45, 7) is 4.42. The van der Waals surface area contributed by atoms with Crippen LogP contribution in [0.25, 0.3) is 0 Å². The molecule has 0 amide bonds. The highest BCUT2D eigenvalue weighted by Gasteiger charge is 2.03. The lowest BCUT2D eigenvalue weighted by Crippen LogP contribution is -1.95. The van der Waals surface area contributed by atoms with E-state index in [1.165, 1.54) is 6.42 Å². The highest BCUT2D eigenvalue weighted by Crippen LogP contribution is 2.24. The van der Waals surface area contributed by atoms with E-state index in [-0.39, 0.29) is 0 Å². The summed E-state index contributed by atoms with van der Waals surface area (Å²) in [5, 5.41) is 8.83. The number of nitrogens with two attached hydrogens (primary N) is 1. The van der Waals surface area contributed by atoms with Crippen LogP contribution in [0.2, 0.25) is 0 Å². The third kappa shape index (κ3) is 3.49. The molecule has 1 rings (SSSR count). The Morgan fingerprint density at radius 3 is 2.87 bits per heavy atom. The summed E-state index contributed by atoms with van der Waals surface area (Å²) in [5.74, 6) is 1.80. The van der Waals surface area contributed by atoms with Gasteiger partial charge in [0, 0.05) is 16.3 Å². The summed E-state index contributed by atoms with van der Waals surface area (Å²) in [6.07, 6.45) is 1.19. The smallest absolute Gasteiger partial charge is 0.101 e. The van der Waals surface area contributed by atoms with Crippen molar-refractivity contribution in [1.82, 2.24) is 0 Å². The van der Waals surface area contributed by atoms with Crippen molar-refractivity contribution >= 4 is 17.4 Å². The number of nitrogen functional groups attached to an aromatic ring is 1. The Hall–Kier alpha value is -1.14. The standard InChI is InChI=1S/C12H16N2S/c1-3-9(2)8-15-11-4-5-12(14)10(6-11)7-13/h4-6,9H,3,8,14H2,1-2H3. The molecule has 0 aromatic heterocycles. The predicted molar refractivity (Wildman–Crippen MR) is 65.7 cm³/mol. The molecule has 0 spiro atoms. The molecular formula is C12H16N2S. The van der Waals surface area contributed by atoms with Gasteiger partial charge in [-0.05, 0) is 24.1 Å². The van der Waals surface area contributed by atoms with Gasteiger partial charge in [0.15, 0.2) is 0 Å². The third-order valence-electron chi connectivity index (χ3n) is 2.38. The van der Waals surface area contributed by atoms with Crippen molar-refractivity contribution in [2.45, 2.75) is 25.2 Å². The Kier molecular flexibility index (Phi) is 4.51. The highest BCUT2D eigenvalue weighted by atomic mass is 32.2. The molecule has 1 aromatic carbocycles. The van der Waals surface area contributed by atoms with E-state index in [1.54, 1.807) is 17.8 Å². The molecule has 2 nitrogen and oxygen atoms in total. The maximum atomic E-state index is 8.83. The lowest BCUT2D eigenvalue weighted by atomic mass is 10.2. The molecule has 0 saturated heterocycles. The van der Waals surface area contributed by atoms with E-state index < -0.39 is 0 Å². The lowest BCUT2D eigenvalue weighted by Gasteiger charge is -2.08. The molecule has 2 N–H and O–H groups in total. The zero-order chi connectivity index (χ0) is 11.3. The van der Waals surface area contributed by atoms with Crippen molar-refractivity contribution < 1.29 is 0 Å². The number of nitriles is 1. The van der Waals surface area contributed by atoms with E-state index in [0.717, 1.165) is 10.6 Å². The number of rotatable bonds is 4. The fourth-order valence-electron chi connectivity index (χ4n) is 1.08. The molecule has 1 atom stereocenters. The van der Waals surface area contributed by atoms with Gasteiger partial charge < -0.3 is 5.73 Å². The zero-order valence-corrected chi connectivity index (χ0v) is 9.97. The fourth-order valence-corrected chi connectivity index (χ4v) is 2.16. The molecule has 0 heterocycles. The maximum absolute atomic E-state index is 8.83. The summed E-state index contributed by atoms with van der Waals surface area (Å²) in [4.78, 5) is 1.13. The van der Waals surface area contributed by atoms with Crippen molar-refractivity contribution in [2.75, 3.05) is 11.5 Å². The topological polar surface area (TPSA) is 49.8 Å². The van der Waals surface area contributed by atoms with E-state index in [9.17, 15) is 0 Å². The maximum Gasteiger partial charge on any atom is 0.101 e. The van der Waals surface area contributed by atoms with Crippen molar-refractivity contribution in [3.63, 3.8) is 0 Å². The SMILES string of the molecule is CCC(C)CSc1ccc(N)c(C#N)c1. The van der Waals surface area contributed by atoms with Crippen LogP contribution in [0.1, 0.15) is 25.8 Å². The number of nitrogens with zero attached hydrogens (tertiary/aromatic N) is 1. The summed E-state index contributed by atoms with van der Waals surface area (Å²) in [7, 11) is 0. The van der Waals surface area contributed by atoms with Crippen LogP contribution < -0.4 is 5.73 Å². The summed E-state index contributed by atoms with van der Waals surface area (Å²) < 4.78 is 0. The quantitative estimate of drug-likeness (QED) is 0.625. The summed E-state index contributed by atoms with van der Waals surface area (Å²) >= 11 is 1.78. The third-order valence-corrected chi connectivity index (χ3v) is 3.70.